The van der Waals surface area contributed by atoms with Gasteiger partial charge in [-0.05, 0) is 13.0 Å². The summed E-state index contributed by atoms with van der Waals surface area (Å²) in [5.41, 5.74) is 0. The number of terminal acetylenes is 1. The van der Waals surface area contributed by atoms with Crippen molar-refractivity contribution in [1.82, 2.24) is 5.32 Å². The number of nitrogens with one attached hydrogen (secondary N) is 1. The van der Waals surface area contributed by atoms with Gasteiger partial charge in [-0.3, -0.25) is 4.39 Å². The van der Waals surface area contributed by atoms with Crippen molar-refractivity contribution in [3.8, 4) is 12.3 Å². The van der Waals surface area contributed by atoms with Crippen LogP contribution < -0.4 is 5.32 Å². The molecule has 0 saturated heterocycles. The summed E-state index contributed by atoms with van der Waals surface area (Å²) in [4.78, 5) is 0. The molecule has 2 heteroatoms. The number of alkyl halides is 1. The number of rotatable bonds is 5. The molecule has 0 aliphatic carbocycles. The molecule has 1 nitrogen and oxygen atoms in total. The van der Waals surface area contributed by atoms with Crippen LogP contribution in [0.5, 0.6) is 0 Å². The molecule has 0 rings (SSSR count). The summed E-state index contributed by atoms with van der Waals surface area (Å²) in [6.45, 7) is 1.29. The molecule has 0 spiro atoms. The van der Waals surface area contributed by atoms with Gasteiger partial charge in [0.15, 0.2) is 0 Å². The maximum atomic E-state index is 11.4. The van der Waals surface area contributed by atoms with Crippen molar-refractivity contribution in [1.29, 1.82) is 0 Å². The molecule has 0 aromatic rings. The first-order valence-electron chi connectivity index (χ1n) is 3.12. The summed E-state index contributed by atoms with van der Waals surface area (Å²) >= 11 is 0. The quantitative estimate of drug-likeness (QED) is 0.430. The lowest BCUT2D eigenvalue weighted by molar-refractivity contribution is 0.461. The highest BCUT2D eigenvalue weighted by molar-refractivity contribution is 4.83. The van der Waals surface area contributed by atoms with E-state index in [1.54, 1.807) is 0 Å². The molecule has 0 aromatic carbocycles. The van der Waals surface area contributed by atoms with Gasteiger partial charge in [0.25, 0.3) is 0 Å². The second-order valence-electron chi connectivity index (χ2n) is 1.75. The van der Waals surface area contributed by atoms with Crippen LogP contribution >= 0.6 is 0 Å². The van der Waals surface area contributed by atoms with E-state index in [0.717, 1.165) is 19.5 Å². The molecule has 0 aromatic heterocycles. The number of hydrogen-bond acceptors (Lipinski definition) is 1. The molecule has 9 heavy (non-hydrogen) atoms. The average Bonchev–Trinajstić information content (AvgIpc) is 1.89. The minimum atomic E-state index is -0.247. The smallest absolute Gasteiger partial charge is 0.0906 e. The molecule has 0 heterocycles. The van der Waals surface area contributed by atoms with Gasteiger partial charge in [-0.1, -0.05) is 0 Å². The van der Waals surface area contributed by atoms with E-state index in [1.807, 2.05) is 0 Å². The highest BCUT2D eigenvalue weighted by atomic mass is 19.1. The Morgan fingerprint density at radius 3 is 2.78 bits per heavy atom. The van der Waals surface area contributed by atoms with Crippen molar-refractivity contribution in [3.05, 3.63) is 0 Å². The Balaban J connectivity index is 2.69. The first kappa shape index (κ1) is 8.45. The Bertz CT molecular complexity index is 85.4. The molecule has 0 fully saturated rings. The Morgan fingerprint density at radius 2 is 2.22 bits per heavy atom. The van der Waals surface area contributed by atoms with Gasteiger partial charge in [-0.25, -0.2) is 0 Å². The van der Waals surface area contributed by atoms with Crippen molar-refractivity contribution < 1.29 is 4.39 Å². The average molecular weight is 129 g/mol. The van der Waals surface area contributed by atoms with Crippen LogP contribution in [0.2, 0.25) is 0 Å². The second kappa shape index (κ2) is 7.45. The van der Waals surface area contributed by atoms with Crippen molar-refractivity contribution in [3.63, 3.8) is 0 Å². The minimum absolute atomic E-state index is 0.247. The highest BCUT2D eigenvalue weighted by Crippen LogP contribution is 1.77. The van der Waals surface area contributed by atoms with Crippen LogP contribution in [0.3, 0.4) is 0 Å². The van der Waals surface area contributed by atoms with E-state index < -0.39 is 0 Å². The molecule has 0 unspecified atom stereocenters. The predicted molar refractivity (Wildman–Crippen MR) is 36.9 cm³/mol. The second-order valence-corrected chi connectivity index (χ2v) is 1.75. The van der Waals surface area contributed by atoms with Gasteiger partial charge < -0.3 is 5.32 Å². The standard InChI is InChI=1S/C7H12FN/c1-2-3-6-9-7-4-5-8/h1,9H,3-7H2. The Hall–Kier alpha value is -0.550. The Morgan fingerprint density at radius 1 is 1.44 bits per heavy atom. The van der Waals surface area contributed by atoms with Gasteiger partial charge >= 0.3 is 0 Å². The monoisotopic (exact) mass is 129 g/mol. The van der Waals surface area contributed by atoms with E-state index in [1.165, 1.54) is 0 Å². The van der Waals surface area contributed by atoms with E-state index >= 15 is 0 Å². The van der Waals surface area contributed by atoms with Crippen molar-refractivity contribution >= 4 is 0 Å². The zero-order valence-electron chi connectivity index (χ0n) is 5.49. The Kier molecular flexibility index (Phi) is 6.99. The van der Waals surface area contributed by atoms with E-state index in [4.69, 9.17) is 6.42 Å². The van der Waals surface area contributed by atoms with Crippen LogP contribution in [0.25, 0.3) is 0 Å². The molecule has 0 aliphatic rings. The summed E-state index contributed by atoms with van der Waals surface area (Å²) in [6, 6.07) is 0. The fraction of sp³-hybridized carbons (Fsp3) is 0.714. The van der Waals surface area contributed by atoms with E-state index in [9.17, 15) is 4.39 Å². The van der Waals surface area contributed by atoms with Crippen LogP contribution in [0.1, 0.15) is 12.8 Å². The van der Waals surface area contributed by atoms with Crippen LogP contribution in [-0.4, -0.2) is 19.8 Å². The zero-order valence-corrected chi connectivity index (χ0v) is 5.49. The van der Waals surface area contributed by atoms with Crippen molar-refractivity contribution in [2.24, 2.45) is 0 Å². The maximum absolute atomic E-state index is 11.4. The van der Waals surface area contributed by atoms with Crippen molar-refractivity contribution in [2.75, 3.05) is 19.8 Å². The summed E-state index contributed by atoms with van der Waals surface area (Å²) in [5, 5.41) is 3.00. The largest absolute Gasteiger partial charge is 0.316 e. The molecular weight excluding hydrogens is 117 g/mol. The molecule has 0 atom stereocenters. The van der Waals surface area contributed by atoms with Gasteiger partial charge in [-0.2, -0.15) is 0 Å². The molecule has 52 valence electrons. The van der Waals surface area contributed by atoms with Gasteiger partial charge in [0, 0.05) is 13.0 Å². The summed E-state index contributed by atoms with van der Waals surface area (Å²) < 4.78 is 11.4. The lowest BCUT2D eigenvalue weighted by Crippen LogP contribution is -2.16. The first-order chi connectivity index (χ1) is 4.41. The van der Waals surface area contributed by atoms with E-state index in [2.05, 4.69) is 11.2 Å². The normalized spacial score (nSPS) is 8.89. The van der Waals surface area contributed by atoms with E-state index in [0.29, 0.717) is 6.42 Å². The number of halogens is 1. The van der Waals surface area contributed by atoms with Crippen LogP contribution in [-0.2, 0) is 0 Å². The van der Waals surface area contributed by atoms with Gasteiger partial charge in [0.1, 0.15) is 0 Å². The molecule has 0 aliphatic heterocycles. The molecule has 1 N–H and O–H groups in total. The molecule has 0 amide bonds. The fourth-order valence-corrected chi connectivity index (χ4v) is 0.477. The Labute approximate surface area is 55.6 Å². The lowest BCUT2D eigenvalue weighted by atomic mass is 10.4. The van der Waals surface area contributed by atoms with Crippen LogP contribution in [0, 0.1) is 12.3 Å². The third kappa shape index (κ3) is 7.45. The third-order valence-corrected chi connectivity index (χ3v) is 0.933. The van der Waals surface area contributed by atoms with E-state index in [-0.39, 0.29) is 6.67 Å². The van der Waals surface area contributed by atoms with Crippen LogP contribution in [0.4, 0.5) is 4.39 Å². The third-order valence-electron chi connectivity index (χ3n) is 0.933. The highest BCUT2D eigenvalue weighted by Gasteiger charge is 1.83. The summed E-state index contributed by atoms with van der Waals surface area (Å²) in [7, 11) is 0. The molecule has 0 saturated carbocycles. The summed E-state index contributed by atoms with van der Waals surface area (Å²) in [6.07, 6.45) is 6.30. The predicted octanol–water partition coefficient (Wildman–Crippen LogP) is 0.959. The van der Waals surface area contributed by atoms with Crippen molar-refractivity contribution in [2.45, 2.75) is 12.8 Å². The minimum Gasteiger partial charge on any atom is -0.316 e. The SMILES string of the molecule is C#CCCNCCCF. The lowest BCUT2D eigenvalue weighted by Gasteiger charge is -1.96. The topological polar surface area (TPSA) is 12.0 Å². The van der Waals surface area contributed by atoms with Gasteiger partial charge in [-0.15, -0.1) is 12.3 Å². The zero-order chi connectivity index (χ0) is 6.95. The van der Waals surface area contributed by atoms with Gasteiger partial charge in [0.2, 0.25) is 0 Å². The molecule has 0 bridgehead atoms. The van der Waals surface area contributed by atoms with Crippen LogP contribution in [0.15, 0.2) is 0 Å². The number of hydrogen-bond donors (Lipinski definition) is 1. The molecular formula is C7H12FN. The first-order valence-corrected chi connectivity index (χ1v) is 3.12. The van der Waals surface area contributed by atoms with Gasteiger partial charge in [0.05, 0.1) is 6.67 Å². The summed E-state index contributed by atoms with van der Waals surface area (Å²) in [5.74, 6) is 2.49. The molecule has 0 radical (unpaired) electrons. The fourth-order valence-electron chi connectivity index (χ4n) is 0.477. The maximum Gasteiger partial charge on any atom is 0.0906 e.